The largest absolute Gasteiger partial charge is 0.465 e. The van der Waals surface area contributed by atoms with Gasteiger partial charge in [0.15, 0.2) is 0 Å². The fraction of sp³-hybridized carbons (Fsp3) is 0.958. The minimum Gasteiger partial charge on any atom is -0.465 e. The number of nitrogens with zero attached hydrogens (tertiary/aromatic N) is 1. The SMILES string of the molecule is CCCCCCCCC(CCCCCC)COC(=O)CCCCCC(CCCCCC(=O)OCC(CCCCCC)CCCCCCCC)N(C)CCO. The molecule has 0 aliphatic heterocycles. The Morgan fingerprint density at radius 2 is 0.741 bits per heavy atom. The lowest BCUT2D eigenvalue weighted by atomic mass is 9.95. The van der Waals surface area contributed by atoms with Gasteiger partial charge in [0.05, 0.1) is 19.8 Å². The summed E-state index contributed by atoms with van der Waals surface area (Å²) in [7, 11) is 2.11. The van der Waals surface area contributed by atoms with Crippen LogP contribution in [0.3, 0.4) is 0 Å². The Balaban J connectivity index is 4.43. The Kier molecular flexibility index (Phi) is 40.6. The van der Waals surface area contributed by atoms with E-state index in [1.807, 2.05) is 0 Å². The first-order chi connectivity index (χ1) is 26.4. The van der Waals surface area contributed by atoms with Crippen LogP contribution < -0.4 is 0 Å². The molecule has 0 aliphatic carbocycles. The predicted molar refractivity (Wildman–Crippen MR) is 232 cm³/mol. The summed E-state index contributed by atoms with van der Waals surface area (Å²) >= 11 is 0. The van der Waals surface area contributed by atoms with Crippen molar-refractivity contribution in [2.24, 2.45) is 11.8 Å². The van der Waals surface area contributed by atoms with E-state index < -0.39 is 0 Å². The van der Waals surface area contributed by atoms with Crippen LogP contribution in [0.1, 0.15) is 246 Å². The first-order valence-corrected chi connectivity index (χ1v) is 24.0. The van der Waals surface area contributed by atoms with Crippen molar-refractivity contribution in [2.45, 2.75) is 252 Å². The van der Waals surface area contributed by atoms with E-state index in [1.165, 1.54) is 154 Å². The van der Waals surface area contributed by atoms with E-state index >= 15 is 0 Å². The zero-order chi connectivity index (χ0) is 39.7. The molecule has 0 amide bonds. The van der Waals surface area contributed by atoms with E-state index in [2.05, 4.69) is 39.6 Å². The average molecular weight is 766 g/mol. The summed E-state index contributed by atoms with van der Waals surface area (Å²) in [5.41, 5.74) is 0. The van der Waals surface area contributed by atoms with Crippen LogP contribution in [0.15, 0.2) is 0 Å². The van der Waals surface area contributed by atoms with E-state index in [0.717, 1.165) is 51.4 Å². The van der Waals surface area contributed by atoms with Gasteiger partial charge in [0, 0.05) is 25.4 Å². The molecule has 0 saturated heterocycles. The lowest BCUT2D eigenvalue weighted by molar-refractivity contribution is -0.146. The predicted octanol–water partition coefficient (Wildman–Crippen LogP) is 13.9. The number of rotatable bonds is 43. The van der Waals surface area contributed by atoms with E-state index in [0.29, 0.717) is 50.5 Å². The normalized spacial score (nSPS) is 13.3. The number of carbonyl (C=O) groups is 2. The van der Waals surface area contributed by atoms with E-state index in [1.54, 1.807) is 0 Å². The minimum atomic E-state index is -0.0238. The van der Waals surface area contributed by atoms with Crippen LogP contribution in [0, 0.1) is 11.8 Å². The van der Waals surface area contributed by atoms with Crippen LogP contribution in [0.2, 0.25) is 0 Å². The third-order valence-corrected chi connectivity index (χ3v) is 11.7. The van der Waals surface area contributed by atoms with Crippen LogP contribution in [0.25, 0.3) is 0 Å². The molecular formula is C48H95NO5. The van der Waals surface area contributed by atoms with Gasteiger partial charge in [-0.25, -0.2) is 0 Å². The van der Waals surface area contributed by atoms with Crippen molar-refractivity contribution < 1.29 is 24.2 Å². The minimum absolute atomic E-state index is 0.0238. The van der Waals surface area contributed by atoms with Gasteiger partial charge in [0.2, 0.25) is 0 Å². The third-order valence-electron chi connectivity index (χ3n) is 11.7. The summed E-state index contributed by atoms with van der Waals surface area (Å²) in [5, 5.41) is 9.59. The smallest absolute Gasteiger partial charge is 0.305 e. The number of esters is 2. The summed E-state index contributed by atoms with van der Waals surface area (Å²) in [4.78, 5) is 27.6. The number of ether oxygens (including phenoxy) is 2. The van der Waals surface area contributed by atoms with E-state index in [4.69, 9.17) is 9.47 Å². The maximum absolute atomic E-state index is 12.6. The van der Waals surface area contributed by atoms with Crippen molar-refractivity contribution in [3.8, 4) is 0 Å². The fourth-order valence-electron chi connectivity index (χ4n) is 7.91. The molecule has 2 atom stereocenters. The second-order valence-electron chi connectivity index (χ2n) is 17.0. The Hall–Kier alpha value is -1.14. The monoisotopic (exact) mass is 766 g/mol. The number of hydrogen-bond donors (Lipinski definition) is 1. The van der Waals surface area contributed by atoms with Crippen molar-refractivity contribution in [1.82, 2.24) is 4.90 Å². The zero-order valence-electron chi connectivity index (χ0n) is 37.1. The van der Waals surface area contributed by atoms with Gasteiger partial charge in [0.25, 0.3) is 0 Å². The summed E-state index contributed by atoms with van der Waals surface area (Å²) in [6.07, 6.45) is 39.9. The number of unbranched alkanes of at least 4 members (excludes halogenated alkanes) is 20. The van der Waals surface area contributed by atoms with Gasteiger partial charge < -0.3 is 19.5 Å². The van der Waals surface area contributed by atoms with Crippen LogP contribution in [-0.2, 0) is 19.1 Å². The van der Waals surface area contributed by atoms with Crippen LogP contribution in [0.5, 0.6) is 0 Å². The highest BCUT2D eigenvalue weighted by Crippen LogP contribution is 2.22. The van der Waals surface area contributed by atoms with Crippen molar-refractivity contribution in [3.05, 3.63) is 0 Å². The van der Waals surface area contributed by atoms with Crippen molar-refractivity contribution >= 4 is 11.9 Å². The number of aliphatic hydroxyl groups is 1. The molecule has 0 bridgehead atoms. The third kappa shape index (κ3) is 35.3. The Bertz CT molecular complexity index is 733. The van der Waals surface area contributed by atoms with Gasteiger partial charge in [-0.1, -0.05) is 182 Å². The number of likely N-dealkylation sites (N-methyl/N-ethyl adjacent to an activating group) is 1. The molecule has 6 heteroatoms. The zero-order valence-corrected chi connectivity index (χ0v) is 37.1. The number of aliphatic hydroxyl groups excluding tert-OH is 1. The Morgan fingerprint density at radius 3 is 1.09 bits per heavy atom. The molecule has 0 aromatic rings. The molecule has 6 nitrogen and oxygen atoms in total. The van der Waals surface area contributed by atoms with E-state index in [-0.39, 0.29) is 18.5 Å². The second-order valence-corrected chi connectivity index (χ2v) is 17.0. The Morgan fingerprint density at radius 1 is 0.444 bits per heavy atom. The summed E-state index contributed by atoms with van der Waals surface area (Å²) in [6.45, 7) is 11.1. The van der Waals surface area contributed by atoms with Gasteiger partial charge in [0.1, 0.15) is 0 Å². The van der Waals surface area contributed by atoms with Gasteiger partial charge in [-0.2, -0.15) is 0 Å². The molecule has 322 valence electrons. The highest BCUT2D eigenvalue weighted by molar-refractivity contribution is 5.69. The van der Waals surface area contributed by atoms with Gasteiger partial charge in [-0.15, -0.1) is 0 Å². The van der Waals surface area contributed by atoms with Crippen LogP contribution >= 0.6 is 0 Å². The van der Waals surface area contributed by atoms with Gasteiger partial charge in [-0.3, -0.25) is 9.59 Å². The molecule has 1 N–H and O–H groups in total. The highest BCUT2D eigenvalue weighted by Gasteiger charge is 2.16. The molecule has 0 fully saturated rings. The summed E-state index contributed by atoms with van der Waals surface area (Å²) in [6, 6.07) is 0.418. The lowest BCUT2D eigenvalue weighted by Crippen LogP contribution is -2.34. The quantitative estimate of drug-likeness (QED) is 0.0492. The lowest BCUT2D eigenvalue weighted by Gasteiger charge is -2.27. The van der Waals surface area contributed by atoms with E-state index in [9.17, 15) is 14.7 Å². The van der Waals surface area contributed by atoms with Crippen LogP contribution in [-0.4, -0.2) is 61.4 Å². The molecule has 0 saturated carbocycles. The molecule has 0 aromatic heterocycles. The number of carbonyl (C=O) groups excluding carboxylic acids is 2. The molecular weight excluding hydrogens is 671 g/mol. The Labute approximate surface area is 337 Å². The average Bonchev–Trinajstić information content (AvgIpc) is 3.17. The molecule has 2 unspecified atom stereocenters. The summed E-state index contributed by atoms with van der Waals surface area (Å²) < 4.78 is 11.6. The molecule has 54 heavy (non-hydrogen) atoms. The highest BCUT2D eigenvalue weighted by atomic mass is 16.5. The fourth-order valence-corrected chi connectivity index (χ4v) is 7.91. The van der Waals surface area contributed by atoms with Crippen molar-refractivity contribution in [2.75, 3.05) is 33.4 Å². The maximum atomic E-state index is 12.6. The first kappa shape index (κ1) is 52.9. The van der Waals surface area contributed by atoms with Crippen molar-refractivity contribution in [1.29, 1.82) is 0 Å². The number of hydrogen-bond acceptors (Lipinski definition) is 6. The molecule has 0 rings (SSSR count). The first-order valence-electron chi connectivity index (χ1n) is 24.0. The van der Waals surface area contributed by atoms with Crippen LogP contribution in [0.4, 0.5) is 0 Å². The van der Waals surface area contributed by atoms with Gasteiger partial charge >= 0.3 is 11.9 Å². The maximum Gasteiger partial charge on any atom is 0.305 e. The topological polar surface area (TPSA) is 76.1 Å². The molecule has 0 aromatic carbocycles. The molecule has 0 heterocycles. The van der Waals surface area contributed by atoms with Crippen molar-refractivity contribution in [3.63, 3.8) is 0 Å². The standard InChI is InChI=1S/C48H95NO5/c1-6-10-14-18-20-26-34-44(32-24-16-12-8-3)42-53-47(51)38-30-22-28-36-46(49(5)40-41-50)37-29-23-31-39-48(52)54-43-45(33-25-17-13-9-4)35-27-21-19-15-11-7-2/h44-46,50H,6-43H2,1-5H3. The second kappa shape index (κ2) is 41.5. The molecule has 0 radical (unpaired) electrons. The molecule has 0 spiro atoms. The van der Waals surface area contributed by atoms with Gasteiger partial charge in [-0.05, 0) is 70.3 Å². The molecule has 0 aliphatic rings. The summed E-state index contributed by atoms with van der Waals surface area (Å²) in [5.74, 6) is 0.985.